The minimum Gasteiger partial charge on any atom is -0.326 e. The molecule has 1 heterocycles. The number of hydrogen-bond donors (Lipinski definition) is 1. The van der Waals surface area contributed by atoms with Crippen LogP contribution in [0.4, 0.5) is 11.4 Å². The maximum Gasteiger partial charge on any atom is 0.252 e. The third kappa shape index (κ3) is 5.37. The summed E-state index contributed by atoms with van der Waals surface area (Å²) in [6.45, 7) is 3.28. The fraction of sp³-hybridized carbons (Fsp3) is 0.222. The van der Waals surface area contributed by atoms with Gasteiger partial charge in [-0.3, -0.25) is 14.4 Å². The van der Waals surface area contributed by atoms with Crippen molar-refractivity contribution in [3.8, 4) is 0 Å². The first kappa shape index (κ1) is 25.3. The number of amides is 3. The van der Waals surface area contributed by atoms with Crippen molar-refractivity contribution in [2.24, 2.45) is 0 Å². The Morgan fingerprint density at radius 2 is 1.61 bits per heavy atom. The fourth-order valence-corrected chi connectivity index (χ4v) is 5.76. The van der Waals surface area contributed by atoms with Gasteiger partial charge in [-0.15, -0.1) is 0 Å². The molecule has 3 aromatic carbocycles. The van der Waals surface area contributed by atoms with Crippen LogP contribution in [0, 0.1) is 6.92 Å². The van der Waals surface area contributed by atoms with Gasteiger partial charge in [-0.05, 0) is 55.3 Å². The van der Waals surface area contributed by atoms with Crippen LogP contribution in [0.2, 0.25) is 0 Å². The predicted octanol–water partition coefficient (Wildman–Crippen LogP) is 3.52. The molecule has 0 saturated carbocycles. The number of anilines is 2. The lowest BCUT2D eigenvalue weighted by molar-refractivity contribution is -0.122. The summed E-state index contributed by atoms with van der Waals surface area (Å²) in [6.07, 6.45) is 0.126. The van der Waals surface area contributed by atoms with Crippen molar-refractivity contribution in [2.75, 3.05) is 16.8 Å². The van der Waals surface area contributed by atoms with Gasteiger partial charge in [-0.25, -0.2) is 13.3 Å². The number of sulfonamides is 1. The number of aryl methyl sites for hydroxylation is 1. The summed E-state index contributed by atoms with van der Waals surface area (Å²) < 4.78 is 28.5. The average molecular weight is 506 g/mol. The third-order valence-corrected chi connectivity index (χ3v) is 7.93. The molecule has 1 atom stereocenters. The lowest BCUT2D eigenvalue weighted by Gasteiger charge is -2.27. The Hall–Kier alpha value is -3.82. The monoisotopic (exact) mass is 505 g/mol. The van der Waals surface area contributed by atoms with E-state index in [-0.39, 0.29) is 23.8 Å². The smallest absolute Gasteiger partial charge is 0.252 e. The van der Waals surface area contributed by atoms with E-state index >= 15 is 0 Å². The molecule has 0 bridgehead atoms. The summed E-state index contributed by atoms with van der Waals surface area (Å²) in [5.74, 6) is -1.33. The minimum atomic E-state index is -4.07. The zero-order valence-corrected chi connectivity index (χ0v) is 20.9. The lowest BCUT2D eigenvalue weighted by Crippen LogP contribution is -2.46. The van der Waals surface area contributed by atoms with Gasteiger partial charge in [-0.2, -0.15) is 4.31 Å². The molecule has 8 nitrogen and oxygen atoms in total. The number of nitrogens with one attached hydrogen (secondary N) is 1. The van der Waals surface area contributed by atoms with Crippen LogP contribution in [0.15, 0.2) is 83.8 Å². The van der Waals surface area contributed by atoms with Gasteiger partial charge in [0.15, 0.2) is 0 Å². The summed E-state index contributed by atoms with van der Waals surface area (Å²) in [6, 6.07) is 20.9. The van der Waals surface area contributed by atoms with Crippen LogP contribution in [-0.2, 0) is 30.8 Å². The summed E-state index contributed by atoms with van der Waals surface area (Å²) in [5, 5.41) is 2.63. The van der Waals surface area contributed by atoms with Crippen LogP contribution in [-0.4, -0.2) is 43.0 Å². The van der Waals surface area contributed by atoms with Crippen molar-refractivity contribution in [2.45, 2.75) is 37.6 Å². The molecular weight excluding hydrogens is 478 g/mol. The second kappa shape index (κ2) is 10.4. The van der Waals surface area contributed by atoms with Crippen molar-refractivity contribution >= 4 is 39.1 Å². The van der Waals surface area contributed by atoms with E-state index < -0.39 is 27.9 Å². The van der Waals surface area contributed by atoms with Gasteiger partial charge in [0.2, 0.25) is 21.8 Å². The first-order valence-electron chi connectivity index (χ1n) is 11.5. The second-order valence-corrected chi connectivity index (χ2v) is 10.6. The Bertz CT molecular complexity index is 1370. The largest absolute Gasteiger partial charge is 0.326 e. The van der Waals surface area contributed by atoms with Gasteiger partial charge in [-0.1, -0.05) is 48.0 Å². The maximum absolute atomic E-state index is 13.7. The highest BCUT2D eigenvalue weighted by Gasteiger charge is 2.46. The minimum absolute atomic E-state index is 0.0409. The highest BCUT2D eigenvalue weighted by Crippen LogP contribution is 2.30. The third-order valence-electron chi connectivity index (χ3n) is 6.01. The van der Waals surface area contributed by atoms with E-state index in [0.29, 0.717) is 17.8 Å². The van der Waals surface area contributed by atoms with E-state index in [1.807, 2.05) is 37.3 Å². The van der Waals surface area contributed by atoms with Crippen molar-refractivity contribution < 1.29 is 22.8 Å². The molecule has 1 fully saturated rings. The Morgan fingerprint density at radius 1 is 0.972 bits per heavy atom. The first-order valence-corrected chi connectivity index (χ1v) is 13.0. The van der Waals surface area contributed by atoms with Gasteiger partial charge in [0.1, 0.15) is 6.04 Å². The lowest BCUT2D eigenvalue weighted by atomic mass is 10.1. The van der Waals surface area contributed by atoms with E-state index in [4.69, 9.17) is 0 Å². The molecule has 0 aromatic heterocycles. The molecule has 3 aromatic rings. The first-order chi connectivity index (χ1) is 17.2. The molecule has 0 radical (unpaired) electrons. The van der Waals surface area contributed by atoms with Gasteiger partial charge < -0.3 is 5.32 Å². The van der Waals surface area contributed by atoms with Crippen molar-refractivity contribution in [1.29, 1.82) is 0 Å². The van der Waals surface area contributed by atoms with E-state index in [9.17, 15) is 22.8 Å². The molecule has 1 aliphatic heterocycles. The van der Waals surface area contributed by atoms with E-state index in [1.165, 1.54) is 19.1 Å². The van der Waals surface area contributed by atoms with Crippen molar-refractivity contribution in [1.82, 2.24) is 4.31 Å². The Balaban J connectivity index is 1.65. The summed E-state index contributed by atoms with van der Waals surface area (Å²) in [7, 11) is -4.07. The Kier molecular flexibility index (Phi) is 7.32. The number of hydrogen-bond acceptors (Lipinski definition) is 5. The summed E-state index contributed by atoms with van der Waals surface area (Å²) >= 11 is 0. The topological polar surface area (TPSA) is 104 Å². The average Bonchev–Trinajstić information content (AvgIpc) is 3.13. The number of benzene rings is 3. The maximum atomic E-state index is 13.7. The fourth-order valence-electron chi connectivity index (χ4n) is 4.18. The summed E-state index contributed by atoms with van der Waals surface area (Å²) in [5.41, 5.74) is 2.67. The van der Waals surface area contributed by atoms with Crippen LogP contribution in [0.25, 0.3) is 0 Å². The molecule has 36 heavy (non-hydrogen) atoms. The highest BCUT2D eigenvalue weighted by molar-refractivity contribution is 7.89. The quantitative estimate of drug-likeness (QED) is 0.472. The van der Waals surface area contributed by atoms with Crippen LogP contribution < -0.4 is 10.2 Å². The molecule has 1 N–H and O–H groups in total. The van der Waals surface area contributed by atoms with Crippen LogP contribution in [0.3, 0.4) is 0 Å². The standard InChI is InChI=1S/C27H27N3O5S/c1-19-8-14-24(15-9-19)36(34,35)29(17-16-21-6-4-3-5-7-21)25-18-26(32)30(27(25)33)23-12-10-22(11-13-23)28-20(2)31/h3-15,25H,16-18H2,1-2H3,(H,28,31). The molecule has 1 aliphatic rings. The molecule has 4 rings (SSSR count). The number of nitrogens with zero attached hydrogens (tertiary/aromatic N) is 2. The molecule has 1 unspecified atom stereocenters. The molecule has 1 saturated heterocycles. The summed E-state index contributed by atoms with van der Waals surface area (Å²) in [4.78, 5) is 38.8. The molecule has 9 heteroatoms. The normalized spacial score (nSPS) is 16.0. The molecule has 0 spiro atoms. The van der Waals surface area contributed by atoms with Crippen molar-refractivity contribution in [3.05, 3.63) is 90.0 Å². The van der Waals surface area contributed by atoms with E-state index in [2.05, 4.69) is 5.32 Å². The van der Waals surface area contributed by atoms with Gasteiger partial charge in [0.25, 0.3) is 5.91 Å². The molecule has 0 aliphatic carbocycles. The van der Waals surface area contributed by atoms with Gasteiger partial charge in [0.05, 0.1) is 17.0 Å². The Morgan fingerprint density at radius 3 is 2.22 bits per heavy atom. The molecular formula is C27H27N3O5S. The van der Waals surface area contributed by atoms with Crippen LogP contribution in [0.1, 0.15) is 24.5 Å². The van der Waals surface area contributed by atoms with Crippen LogP contribution >= 0.6 is 0 Å². The molecule has 3 amide bonds. The number of rotatable bonds is 8. The van der Waals surface area contributed by atoms with Gasteiger partial charge >= 0.3 is 0 Å². The second-order valence-electron chi connectivity index (χ2n) is 8.68. The van der Waals surface area contributed by atoms with Crippen LogP contribution in [0.5, 0.6) is 0 Å². The van der Waals surface area contributed by atoms with Gasteiger partial charge in [0, 0.05) is 19.2 Å². The number of carbonyl (C=O) groups excluding carboxylic acids is 3. The van der Waals surface area contributed by atoms with E-state index in [1.54, 1.807) is 36.4 Å². The highest BCUT2D eigenvalue weighted by atomic mass is 32.2. The molecule has 186 valence electrons. The number of imide groups is 1. The zero-order valence-electron chi connectivity index (χ0n) is 20.0. The van der Waals surface area contributed by atoms with E-state index in [0.717, 1.165) is 20.3 Å². The zero-order chi connectivity index (χ0) is 25.9. The number of carbonyl (C=O) groups is 3. The predicted molar refractivity (Wildman–Crippen MR) is 137 cm³/mol. The van der Waals surface area contributed by atoms with Crippen molar-refractivity contribution in [3.63, 3.8) is 0 Å². The SMILES string of the molecule is CC(=O)Nc1ccc(N2C(=O)CC(N(CCc3ccccc3)S(=O)(=O)c3ccc(C)cc3)C2=O)cc1. The Labute approximate surface area is 210 Å².